The van der Waals surface area contributed by atoms with E-state index in [1.54, 1.807) is 12.3 Å². The number of benzene rings is 2. The van der Waals surface area contributed by atoms with Crippen LogP contribution in [0.5, 0.6) is 5.88 Å². The molecule has 2 aromatic carbocycles. The first-order valence-corrected chi connectivity index (χ1v) is 9.02. The number of anilines is 1. The topological polar surface area (TPSA) is 56.3 Å². The van der Waals surface area contributed by atoms with E-state index in [1.807, 2.05) is 30.3 Å². The number of nitrogens with one attached hydrogen (secondary N) is 1. The van der Waals surface area contributed by atoms with Crippen LogP contribution in [0.3, 0.4) is 0 Å². The molecule has 0 saturated carbocycles. The van der Waals surface area contributed by atoms with Gasteiger partial charge in [0.05, 0.1) is 6.04 Å². The van der Waals surface area contributed by atoms with Gasteiger partial charge in [-0.25, -0.2) is 13.8 Å². The summed E-state index contributed by atoms with van der Waals surface area (Å²) in [4.78, 5) is 8.60. The molecule has 144 valence electrons. The van der Waals surface area contributed by atoms with Gasteiger partial charge in [-0.05, 0) is 29.7 Å². The molecule has 2 atom stereocenters. The fourth-order valence-corrected chi connectivity index (χ4v) is 3.14. The minimum atomic E-state index is -0.890. The number of ether oxygens (including phenoxy) is 2. The largest absolute Gasteiger partial charge is 0.473 e. The van der Waals surface area contributed by atoms with Gasteiger partial charge in [-0.1, -0.05) is 36.4 Å². The zero-order valence-electron chi connectivity index (χ0n) is 15.0. The number of hydrogen-bond acceptors (Lipinski definition) is 5. The molecule has 0 bridgehead atoms. The molecule has 1 aromatic heterocycles. The summed E-state index contributed by atoms with van der Waals surface area (Å²) in [5.41, 5.74) is 1.61. The second-order valence-electron chi connectivity index (χ2n) is 6.50. The molecule has 0 radical (unpaired) electrons. The highest BCUT2D eigenvalue weighted by Gasteiger charge is 2.31. The maximum Gasteiger partial charge on any atom is 0.226 e. The summed E-state index contributed by atoms with van der Waals surface area (Å²) in [5.74, 6) is -0.921. The van der Waals surface area contributed by atoms with Crippen LogP contribution >= 0.6 is 0 Å². The molecule has 0 spiro atoms. The van der Waals surface area contributed by atoms with E-state index >= 15 is 0 Å². The summed E-state index contributed by atoms with van der Waals surface area (Å²) in [6.45, 7) is 0.910. The van der Waals surface area contributed by atoms with Gasteiger partial charge in [0.15, 0.2) is 11.6 Å². The van der Waals surface area contributed by atoms with Crippen LogP contribution in [0.15, 0.2) is 60.8 Å². The van der Waals surface area contributed by atoms with E-state index in [0.29, 0.717) is 37.0 Å². The lowest BCUT2D eigenvalue weighted by atomic mass is 10.0. The van der Waals surface area contributed by atoms with E-state index in [4.69, 9.17) is 9.47 Å². The fourth-order valence-electron chi connectivity index (χ4n) is 3.14. The summed E-state index contributed by atoms with van der Waals surface area (Å²) in [6, 6.07) is 15.1. The van der Waals surface area contributed by atoms with Crippen molar-refractivity contribution in [2.24, 2.45) is 0 Å². The predicted molar refractivity (Wildman–Crippen MR) is 99.9 cm³/mol. The Morgan fingerprint density at radius 1 is 1.07 bits per heavy atom. The molecule has 1 aliphatic rings. The fraction of sp³-hybridized carbons (Fsp3) is 0.238. The van der Waals surface area contributed by atoms with E-state index in [2.05, 4.69) is 15.3 Å². The molecule has 7 heteroatoms. The zero-order valence-corrected chi connectivity index (χ0v) is 15.0. The smallest absolute Gasteiger partial charge is 0.226 e. The Morgan fingerprint density at radius 2 is 1.93 bits per heavy atom. The van der Waals surface area contributed by atoms with Crippen molar-refractivity contribution in [2.45, 2.75) is 25.2 Å². The van der Waals surface area contributed by atoms with Crippen LogP contribution in [0.4, 0.5) is 14.7 Å². The molecule has 5 nitrogen and oxygen atoms in total. The SMILES string of the molecule is Fc1ccc(C2OCCC2Nc2nccc(OCc3ccccc3)n2)cc1F. The second-order valence-corrected chi connectivity index (χ2v) is 6.50. The van der Waals surface area contributed by atoms with Crippen molar-refractivity contribution in [2.75, 3.05) is 11.9 Å². The highest BCUT2D eigenvalue weighted by Crippen LogP contribution is 2.31. The molecular formula is C21H19F2N3O2. The van der Waals surface area contributed by atoms with Crippen molar-refractivity contribution in [1.82, 2.24) is 9.97 Å². The van der Waals surface area contributed by atoms with Gasteiger partial charge in [0, 0.05) is 18.9 Å². The van der Waals surface area contributed by atoms with Crippen molar-refractivity contribution < 1.29 is 18.3 Å². The second kappa shape index (κ2) is 8.31. The number of rotatable bonds is 6. The maximum absolute atomic E-state index is 13.6. The van der Waals surface area contributed by atoms with Crippen LogP contribution in [-0.2, 0) is 11.3 Å². The van der Waals surface area contributed by atoms with Crippen LogP contribution in [0.25, 0.3) is 0 Å². The van der Waals surface area contributed by atoms with Gasteiger partial charge < -0.3 is 14.8 Å². The Bertz CT molecular complexity index is 940. The summed E-state index contributed by atoms with van der Waals surface area (Å²) in [7, 11) is 0. The highest BCUT2D eigenvalue weighted by atomic mass is 19.2. The Hall–Kier alpha value is -3.06. The molecule has 2 unspecified atom stereocenters. The third-order valence-electron chi connectivity index (χ3n) is 4.54. The van der Waals surface area contributed by atoms with E-state index in [9.17, 15) is 8.78 Å². The van der Waals surface area contributed by atoms with Gasteiger partial charge in [-0.2, -0.15) is 4.98 Å². The van der Waals surface area contributed by atoms with E-state index in [0.717, 1.165) is 11.6 Å². The molecule has 1 N–H and O–H groups in total. The van der Waals surface area contributed by atoms with Crippen molar-refractivity contribution in [3.8, 4) is 5.88 Å². The first-order valence-electron chi connectivity index (χ1n) is 9.02. The summed E-state index contributed by atoms with van der Waals surface area (Å²) in [5, 5.41) is 3.22. The van der Waals surface area contributed by atoms with Gasteiger partial charge >= 0.3 is 0 Å². The van der Waals surface area contributed by atoms with Crippen LogP contribution in [0, 0.1) is 11.6 Å². The van der Waals surface area contributed by atoms with Gasteiger partial charge in [0.2, 0.25) is 11.8 Å². The Morgan fingerprint density at radius 3 is 2.75 bits per heavy atom. The first-order chi connectivity index (χ1) is 13.7. The zero-order chi connectivity index (χ0) is 19.3. The Kier molecular flexibility index (Phi) is 5.43. The number of aromatic nitrogens is 2. The van der Waals surface area contributed by atoms with Gasteiger partial charge in [-0.3, -0.25) is 0 Å². The molecular weight excluding hydrogens is 364 g/mol. The molecule has 4 rings (SSSR count). The minimum absolute atomic E-state index is 0.158. The lowest BCUT2D eigenvalue weighted by molar-refractivity contribution is 0.107. The summed E-state index contributed by atoms with van der Waals surface area (Å²) < 4.78 is 38.2. The molecule has 0 amide bonds. The Labute approximate surface area is 161 Å². The predicted octanol–water partition coefficient (Wildman–Crippen LogP) is 4.28. The monoisotopic (exact) mass is 383 g/mol. The average molecular weight is 383 g/mol. The standard InChI is InChI=1S/C21H19F2N3O2/c22-16-7-6-15(12-17(16)23)20-18(9-11-27-20)25-21-24-10-8-19(26-21)28-13-14-4-2-1-3-5-14/h1-8,10,12,18,20H,9,11,13H2,(H,24,25,26). The lowest BCUT2D eigenvalue weighted by Crippen LogP contribution is -2.24. The number of nitrogens with zero attached hydrogens (tertiary/aromatic N) is 2. The van der Waals surface area contributed by atoms with Gasteiger partial charge in [0.1, 0.15) is 12.7 Å². The van der Waals surface area contributed by atoms with Gasteiger partial charge in [0.25, 0.3) is 0 Å². The highest BCUT2D eigenvalue weighted by molar-refractivity contribution is 5.32. The van der Waals surface area contributed by atoms with Crippen molar-refractivity contribution in [3.63, 3.8) is 0 Å². The number of halogens is 2. The quantitative estimate of drug-likeness (QED) is 0.689. The average Bonchev–Trinajstić information content (AvgIpc) is 3.18. The molecule has 1 saturated heterocycles. The summed E-state index contributed by atoms with van der Waals surface area (Å²) >= 11 is 0. The van der Waals surface area contributed by atoms with Gasteiger partial charge in [-0.15, -0.1) is 0 Å². The minimum Gasteiger partial charge on any atom is -0.473 e. The van der Waals surface area contributed by atoms with Crippen molar-refractivity contribution in [3.05, 3.63) is 83.6 Å². The normalized spacial score (nSPS) is 18.8. The van der Waals surface area contributed by atoms with Crippen molar-refractivity contribution >= 4 is 5.95 Å². The first kappa shape index (κ1) is 18.3. The molecule has 2 heterocycles. The van der Waals surface area contributed by atoms with Crippen LogP contribution in [-0.4, -0.2) is 22.6 Å². The Balaban J connectivity index is 1.43. The molecule has 1 aliphatic heterocycles. The molecule has 0 aliphatic carbocycles. The van der Waals surface area contributed by atoms with E-state index in [1.165, 1.54) is 12.1 Å². The van der Waals surface area contributed by atoms with Crippen LogP contribution < -0.4 is 10.1 Å². The van der Waals surface area contributed by atoms with Crippen LogP contribution in [0.2, 0.25) is 0 Å². The summed E-state index contributed by atoms with van der Waals surface area (Å²) in [6.07, 6.45) is 1.90. The molecule has 3 aromatic rings. The van der Waals surface area contributed by atoms with Crippen LogP contribution in [0.1, 0.15) is 23.7 Å². The molecule has 1 fully saturated rings. The van der Waals surface area contributed by atoms with Crippen molar-refractivity contribution in [1.29, 1.82) is 0 Å². The number of hydrogen-bond donors (Lipinski definition) is 1. The third kappa shape index (κ3) is 4.26. The maximum atomic E-state index is 13.6. The van der Waals surface area contributed by atoms with E-state index in [-0.39, 0.29) is 6.04 Å². The third-order valence-corrected chi connectivity index (χ3v) is 4.54. The lowest BCUT2D eigenvalue weighted by Gasteiger charge is -2.20. The van der Waals surface area contributed by atoms with E-state index < -0.39 is 17.7 Å². The molecule has 28 heavy (non-hydrogen) atoms.